The predicted molar refractivity (Wildman–Crippen MR) is 92.6 cm³/mol. The maximum absolute atomic E-state index is 13.0. The maximum Gasteiger partial charge on any atom is 0.334 e. The lowest BCUT2D eigenvalue weighted by molar-refractivity contribution is 0.0398. The molecule has 0 heterocycles. The second-order valence-corrected chi connectivity index (χ2v) is 7.72. The Morgan fingerprint density at radius 3 is 1.67 bits per heavy atom. The summed E-state index contributed by atoms with van der Waals surface area (Å²) in [4.78, 5) is 0. The fraction of sp³-hybridized carbons (Fsp3) is 0.333. The fourth-order valence-electron chi connectivity index (χ4n) is 2.02. The Hall–Kier alpha value is -1.49. The third-order valence-electron chi connectivity index (χ3n) is 3.51. The Labute approximate surface area is 142 Å². The molecule has 5 nitrogen and oxygen atoms in total. The third-order valence-corrected chi connectivity index (χ3v) is 5.38. The van der Waals surface area contributed by atoms with E-state index in [1.54, 1.807) is 0 Å². The molecule has 2 rings (SSSR count). The average Bonchev–Trinajstić information content (AvgIpc) is 2.60. The quantitative estimate of drug-likeness (QED) is 0.678. The fourth-order valence-corrected chi connectivity index (χ4v) is 3.76. The van der Waals surface area contributed by atoms with Crippen LogP contribution in [0, 0.1) is 0 Å². The second-order valence-electron chi connectivity index (χ2n) is 5.62. The van der Waals surface area contributed by atoms with E-state index in [9.17, 15) is 14.8 Å². The van der Waals surface area contributed by atoms with Gasteiger partial charge in [-0.05, 0) is 18.1 Å². The molecule has 0 radical (unpaired) electrons. The summed E-state index contributed by atoms with van der Waals surface area (Å²) in [7, 11) is -3.57. The van der Waals surface area contributed by atoms with Crippen LogP contribution >= 0.6 is 7.60 Å². The Morgan fingerprint density at radius 2 is 1.29 bits per heavy atom. The van der Waals surface area contributed by atoms with Gasteiger partial charge >= 0.3 is 7.60 Å². The van der Waals surface area contributed by atoms with Gasteiger partial charge in [-0.25, -0.2) is 0 Å². The van der Waals surface area contributed by atoms with E-state index >= 15 is 0 Å². The van der Waals surface area contributed by atoms with Gasteiger partial charge in [-0.15, -0.1) is 0 Å². The van der Waals surface area contributed by atoms with Gasteiger partial charge in [-0.1, -0.05) is 60.7 Å². The van der Waals surface area contributed by atoms with E-state index in [1.807, 2.05) is 60.7 Å². The summed E-state index contributed by atoms with van der Waals surface area (Å²) in [6, 6.07) is 18.6. The molecule has 2 aromatic rings. The third kappa shape index (κ3) is 6.19. The molecule has 6 heteroatoms. The van der Waals surface area contributed by atoms with Crippen molar-refractivity contribution >= 4 is 7.60 Å². The van der Waals surface area contributed by atoms with Crippen molar-refractivity contribution in [2.75, 3.05) is 6.16 Å². The Balaban J connectivity index is 2.03. The lowest BCUT2D eigenvalue weighted by atomic mass is 10.2. The van der Waals surface area contributed by atoms with Crippen LogP contribution in [0.3, 0.4) is 0 Å². The van der Waals surface area contributed by atoms with Gasteiger partial charge in [0.1, 0.15) is 0 Å². The molecule has 2 aromatic carbocycles. The minimum atomic E-state index is -3.57. The van der Waals surface area contributed by atoms with Crippen LogP contribution in [0.25, 0.3) is 0 Å². The van der Waals surface area contributed by atoms with Crippen LogP contribution in [0.2, 0.25) is 0 Å². The molecule has 0 bridgehead atoms. The maximum atomic E-state index is 13.0. The number of aliphatic hydroxyl groups excluding tert-OH is 2. The molecule has 0 aliphatic carbocycles. The van der Waals surface area contributed by atoms with Crippen LogP contribution in [0.15, 0.2) is 60.7 Å². The summed E-state index contributed by atoms with van der Waals surface area (Å²) in [6.07, 6.45) is -2.45. The molecule has 0 aliphatic rings. The van der Waals surface area contributed by atoms with Gasteiger partial charge < -0.3 is 19.3 Å². The van der Waals surface area contributed by atoms with Gasteiger partial charge in [0.2, 0.25) is 0 Å². The summed E-state index contributed by atoms with van der Waals surface area (Å²) < 4.78 is 24.0. The molecule has 0 aromatic heterocycles. The van der Waals surface area contributed by atoms with Gasteiger partial charge in [-0.3, -0.25) is 4.57 Å². The molecule has 130 valence electrons. The minimum Gasteiger partial charge on any atom is -0.391 e. The zero-order valence-corrected chi connectivity index (χ0v) is 14.5. The van der Waals surface area contributed by atoms with E-state index in [0.29, 0.717) is 0 Å². The normalized spacial score (nSPS) is 14.3. The highest BCUT2D eigenvalue weighted by atomic mass is 31.2. The first-order chi connectivity index (χ1) is 11.5. The van der Waals surface area contributed by atoms with Crippen molar-refractivity contribution in [2.24, 2.45) is 0 Å². The number of rotatable bonds is 9. The average molecular weight is 350 g/mol. The summed E-state index contributed by atoms with van der Waals surface area (Å²) in [5.41, 5.74) is 1.71. The van der Waals surface area contributed by atoms with Crippen molar-refractivity contribution in [3.05, 3.63) is 71.8 Å². The van der Waals surface area contributed by atoms with Crippen molar-refractivity contribution in [2.45, 2.75) is 32.3 Å². The van der Waals surface area contributed by atoms with Crippen molar-refractivity contribution in [1.29, 1.82) is 0 Å². The van der Waals surface area contributed by atoms with Crippen molar-refractivity contribution in [1.82, 2.24) is 0 Å². The standard InChI is InChI=1S/C18H23O5P/c1-15(19)18(20)14-24(21,22-12-16-8-4-2-5-9-16)23-13-17-10-6-3-7-11-17/h2-11,15,18-20H,12-14H2,1H3/t15-,18-/m1/s1. The lowest BCUT2D eigenvalue weighted by Gasteiger charge is -2.22. The zero-order chi connectivity index (χ0) is 17.4. The Bertz CT molecular complexity index is 597. The SMILES string of the molecule is C[C@@H](O)[C@H](O)CP(=O)(OCc1ccccc1)OCc1ccccc1. The molecule has 0 fully saturated rings. The summed E-state index contributed by atoms with van der Waals surface area (Å²) in [5, 5.41) is 19.3. The molecule has 0 saturated heterocycles. The Kier molecular flexibility index (Phi) is 7.16. The molecule has 0 amide bonds. The minimum absolute atomic E-state index is 0.111. The smallest absolute Gasteiger partial charge is 0.334 e. The second kappa shape index (κ2) is 9.11. The molecular formula is C18H23O5P. The first-order valence-electron chi connectivity index (χ1n) is 7.81. The van der Waals surface area contributed by atoms with Gasteiger partial charge in [-0.2, -0.15) is 0 Å². The highest BCUT2D eigenvalue weighted by Gasteiger charge is 2.30. The highest BCUT2D eigenvalue weighted by molar-refractivity contribution is 7.53. The summed E-state index contributed by atoms with van der Waals surface area (Å²) in [5.74, 6) is 0. The first-order valence-corrected chi connectivity index (χ1v) is 9.53. The van der Waals surface area contributed by atoms with Gasteiger partial charge in [0.15, 0.2) is 0 Å². The first kappa shape index (κ1) is 18.8. The Morgan fingerprint density at radius 1 is 0.875 bits per heavy atom. The summed E-state index contributed by atoms with van der Waals surface area (Å²) in [6.45, 7) is 1.66. The van der Waals surface area contributed by atoms with Crippen molar-refractivity contribution in [3.63, 3.8) is 0 Å². The zero-order valence-electron chi connectivity index (χ0n) is 13.6. The van der Waals surface area contributed by atoms with Crippen LogP contribution in [0.1, 0.15) is 18.1 Å². The number of aliphatic hydroxyl groups is 2. The predicted octanol–water partition coefficient (Wildman–Crippen LogP) is 3.35. The van der Waals surface area contributed by atoms with Gasteiger partial charge in [0, 0.05) is 0 Å². The molecule has 2 N–H and O–H groups in total. The molecule has 2 atom stereocenters. The topological polar surface area (TPSA) is 76.0 Å². The van der Waals surface area contributed by atoms with E-state index in [4.69, 9.17) is 9.05 Å². The van der Waals surface area contributed by atoms with Crippen LogP contribution in [-0.4, -0.2) is 28.6 Å². The van der Waals surface area contributed by atoms with E-state index in [1.165, 1.54) is 6.92 Å². The van der Waals surface area contributed by atoms with Gasteiger partial charge in [0.25, 0.3) is 0 Å². The lowest BCUT2D eigenvalue weighted by Crippen LogP contribution is -2.27. The number of hydrogen-bond acceptors (Lipinski definition) is 5. The molecule has 0 saturated carbocycles. The number of hydrogen-bond donors (Lipinski definition) is 2. The largest absolute Gasteiger partial charge is 0.391 e. The molecule has 0 unspecified atom stereocenters. The van der Waals surface area contributed by atoms with Crippen LogP contribution < -0.4 is 0 Å². The van der Waals surface area contributed by atoms with Crippen LogP contribution in [0.4, 0.5) is 0 Å². The summed E-state index contributed by atoms with van der Waals surface area (Å²) >= 11 is 0. The van der Waals surface area contributed by atoms with Crippen molar-refractivity contribution < 1.29 is 23.8 Å². The number of benzene rings is 2. The van der Waals surface area contributed by atoms with Crippen LogP contribution in [-0.2, 0) is 26.8 Å². The van der Waals surface area contributed by atoms with Crippen molar-refractivity contribution in [3.8, 4) is 0 Å². The van der Waals surface area contributed by atoms with Crippen LogP contribution in [0.5, 0.6) is 0 Å². The van der Waals surface area contributed by atoms with E-state index in [-0.39, 0.29) is 19.4 Å². The van der Waals surface area contributed by atoms with E-state index in [2.05, 4.69) is 0 Å². The molecule has 24 heavy (non-hydrogen) atoms. The highest BCUT2D eigenvalue weighted by Crippen LogP contribution is 2.50. The van der Waals surface area contributed by atoms with E-state index < -0.39 is 19.8 Å². The molecule has 0 aliphatic heterocycles. The molecular weight excluding hydrogens is 327 g/mol. The van der Waals surface area contributed by atoms with E-state index in [0.717, 1.165) is 11.1 Å². The monoisotopic (exact) mass is 350 g/mol. The van der Waals surface area contributed by atoms with Gasteiger partial charge in [0.05, 0.1) is 31.6 Å². The molecule has 0 spiro atoms.